The highest BCUT2D eigenvalue weighted by Crippen LogP contribution is 2.22. The van der Waals surface area contributed by atoms with Crippen molar-refractivity contribution in [3.63, 3.8) is 0 Å². The summed E-state index contributed by atoms with van der Waals surface area (Å²) in [5.74, 6) is 0.704. The van der Waals surface area contributed by atoms with Crippen molar-refractivity contribution in [3.8, 4) is 0 Å². The largest absolute Gasteiger partial charge is 0.303 e. The van der Waals surface area contributed by atoms with Crippen molar-refractivity contribution in [3.05, 3.63) is 0 Å². The van der Waals surface area contributed by atoms with E-state index in [4.69, 9.17) is 0 Å². The van der Waals surface area contributed by atoms with Gasteiger partial charge in [0.15, 0.2) is 0 Å². The number of carbonyl (C=O) groups excluding carboxylic acids is 1. The van der Waals surface area contributed by atoms with Gasteiger partial charge in [-0.1, -0.05) is 57.8 Å². The van der Waals surface area contributed by atoms with Crippen LogP contribution < -0.4 is 0 Å². The first kappa shape index (κ1) is 10.7. The molecule has 0 atom stereocenters. The molecule has 0 heterocycles. The fourth-order valence-corrected chi connectivity index (χ4v) is 2.27. The Morgan fingerprint density at radius 3 is 1.77 bits per heavy atom. The molecule has 0 aliphatic heterocycles. The van der Waals surface area contributed by atoms with Crippen LogP contribution in [0.2, 0.25) is 0 Å². The lowest BCUT2D eigenvalue weighted by Crippen LogP contribution is -2.02. The summed E-state index contributed by atoms with van der Waals surface area (Å²) in [5.41, 5.74) is 0. The Morgan fingerprint density at radius 1 is 0.846 bits per heavy atom. The van der Waals surface area contributed by atoms with Crippen LogP contribution in [0.25, 0.3) is 0 Å². The SMILES string of the molecule is O=CCC1CCCCCCCCC1. The molecule has 1 nitrogen and oxygen atoms in total. The van der Waals surface area contributed by atoms with Gasteiger partial charge in [-0.05, 0) is 5.92 Å². The van der Waals surface area contributed by atoms with E-state index >= 15 is 0 Å². The van der Waals surface area contributed by atoms with E-state index < -0.39 is 0 Å². The van der Waals surface area contributed by atoms with Crippen LogP contribution in [0.15, 0.2) is 0 Å². The second-order valence-corrected chi connectivity index (χ2v) is 4.32. The van der Waals surface area contributed by atoms with E-state index in [0.29, 0.717) is 5.92 Å². The van der Waals surface area contributed by atoms with E-state index in [1.54, 1.807) is 0 Å². The third kappa shape index (κ3) is 5.07. The van der Waals surface area contributed by atoms with Crippen molar-refractivity contribution in [2.24, 2.45) is 5.92 Å². The number of rotatable bonds is 2. The van der Waals surface area contributed by atoms with Crippen LogP contribution in [-0.4, -0.2) is 6.29 Å². The van der Waals surface area contributed by atoms with Crippen LogP contribution in [0.5, 0.6) is 0 Å². The summed E-state index contributed by atoms with van der Waals surface area (Å²) in [6.07, 6.45) is 14.2. The molecule has 0 N–H and O–H groups in total. The minimum Gasteiger partial charge on any atom is -0.303 e. The molecule has 13 heavy (non-hydrogen) atoms. The number of carbonyl (C=O) groups is 1. The molecular formula is C12H22O. The van der Waals surface area contributed by atoms with Crippen molar-refractivity contribution in [1.29, 1.82) is 0 Å². The van der Waals surface area contributed by atoms with Gasteiger partial charge in [0.1, 0.15) is 6.29 Å². The molecule has 0 aromatic rings. The Morgan fingerprint density at radius 2 is 1.31 bits per heavy atom. The van der Waals surface area contributed by atoms with Crippen molar-refractivity contribution in [2.75, 3.05) is 0 Å². The summed E-state index contributed by atoms with van der Waals surface area (Å²) in [7, 11) is 0. The lowest BCUT2D eigenvalue weighted by Gasteiger charge is -2.15. The second kappa shape index (κ2) is 7.11. The van der Waals surface area contributed by atoms with Gasteiger partial charge in [-0.3, -0.25) is 0 Å². The fraction of sp³-hybridized carbons (Fsp3) is 0.917. The van der Waals surface area contributed by atoms with Gasteiger partial charge in [-0.15, -0.1) is 0 Å². The highest BCUT2D eigenvalue weighted by Gasteiger charge is 2.08. The summed E-state index contributed by atoms with van der Waals surface area (Å²) in [6.45, 7) is 0. The third-order valence-electron chi connectivity index (χ3n) is 3.15. The molecule has 0 spiro atoms. The van der Waals surface area contributed by atoms with Crippen molar-refractivity contribution in [1.82, 2.24) is 0 Å². The fourth-order valence-electron chi connectivity index (χ4n) is 2.27. The summed E-state index contributed by atoms with van der Waals surface area (Å²) in [5, 5.41) is 0. The van der Waals surface area contributed by atoms with Crippen LogP contribution >= 0.6 is 0 Å². The smallest absolute Gasteiger partial charge is 0.120 e. The number of hydrogen-bond acceptors (Lipinski definition) is 1. The summed E-state index contributed by atoms with van der Waals surface area (Å²) in [4.78, 5) is 10.4. The maximum absolute atomic E-state index is 10.4. The van der Waals surface area contributed by atoms with Gasteiger partial charge in [-0.2, -0.15) is 0 Å². The Kier molecular flexibility index (Phi) is 5.88. The van der Waals surface area contributed by atoms with Crippen LogP contribution in [0.3, 0.4) is 0 Å². The van der Waals surface area contributed by atoms with E-state index in [-0.39, 0.29) is 0 Å². The molecule has 1 fully saturated rings. The van der Waals surface area contributed by atoms with Crippen LogP contribution in [0, 0.1) is 5.92 Å². The molecular weight excluding hydrogens is 160 g/mol. The standard InChI is InChI=1S/C12H22O/c13-11-10-12-8-6-4-2-1-3-5-7-9-12/h11-12H,1-10H2. The van der Waals surface area contributed by atoms with Crippen molar-refractivity contribution >= 4 is 6.29 Å². The van der Waals surface area contributed by atoms with Gasteiger partial charge < -0.3 is 4.79 Å². The summed E-state index contributed by atoms with van der Waals surface area (Å²) in [6, 6.07) is 0. The van der Waals surface area contributed by atoms with E-state index in [0.717, 1.165) is 12.7 Å². The predicted molar refractivity (Wildman–Crippen MR) is 55.7 cm³/mol. The van der Waals surface area contributed by atoms with E-state index in [1.165, 1.54) is 57.8 Å². The molecule has 76 valence electrons. The molecule has 1 heteroatoms. The van der Waals surface area contributed by atoms with Gasteiger partial charge in [0.25, 0.3) is 0 Å². The van der Waals surface area contributed by atoms with Crippen LogP contribution in [0.4, 0.5) is 0 Å². The highest BCUT2D eigenvalue weighted by molar-refractivity contribution is 5.49. The molecule has 0 radical (unpaired) electrons. The monoisotopic (exact) mass is 182 g/mol. The number of hydrogen-bond donors (Lipinski definition) is 0. The molecule has 0 amide bonds. The van der Waals surface area contributed by atoms with E-state index in [2.05, 4.69) is 0 Å². The van der Waals surface area contributed by atoms with Crippen LogP contribution in [-0.2, 0) is 4.79 Å². The molecule has 1 saturated carbocycles. The maximum Gasteiger partial charge on any atom is 0.120 e. The molecule has 0 aromatic carbocycles. The van der Waals surface area contributed by atoms with Gasteiger partial charge >= 0.3 is 0 Å². The zero-order valence-electron chi connectivity index (χ0n) is 8.63. The first-order valence-electron chi connectivity index (χ1n) is 5.87. The summed E-state index contributed by atoms with van der Waals surface area (Å²) >= 11 is 0. The average Bonchev–Trinajstić information content (AvgIpc) is 2.16. The van der Waals surface area contributed by atoms with Crippen molar-refractivity contribution < 1.29 is 4.79 Å². The summed E-state index contributed by atoms with van der Waals surface area (Å²) < 4.78 is 0. The van der Waals surface area contributed by atoms with Crippen molar-refractivity contribution in [2.45, 2.75) is 64.2 Å². The molecule has 0 unspecified atom stereocenters. The van der Waals surface area contributed by atoms with Gasteiger partial charge in [0.05, 0.1) is 0 Å². The topological polar surface area (TPSA) is 17.1 Å². The second-order valence-electron chi connectivity index (χ2n) is 4.32. The van der Waals surface area contributed by atoms with Gasteiger partial charge in [0, 0.05) is 6.42 Å². The zero-order valence-corrected chi connectivity index (χ0v) is 8.63. The molecule has 0 saturated heterocycles. The van der Waals surface area contributed by atoms with E-state index in [9.17, 15) is 4.79 Å². The average molecular weight is 182 g/mol. The minimum absolute atomic E-state index is 0.704. The maximum atomic E-state index is 10.4. The zero-order chi connectivity index (χ0) is 9.36. The first-order valence-corrected chi connectivity index (χ1v) is 5.87. The quantitative estimate of drug-likeness (QED) is 0.595. The highest BCUT2D eigenvalue weighted by atomic mass is 16.1. The number of aldehydes is 1. The first-order chi connectivity index (χ1) is 6.43. The normalized spacial score (nSPS) is 22.5. The molecule has 1 rings (SSSR count). The Balaban J connectivity index is 2.21. The minimum atomic E-state index is 0.704. The Hall–Kier alpha value is -0.330. The lowest BCUT2D eigenvalue weighted by atomic mass is 9.90. The van der Waals surface area contributed by atoms with Gasteiger partial charge in [-0.25, -0.2) is 0 Å². The molecule has 0 bridgehead atoms. The molecule has 1 aliphatic rings. The van der Waals surface area contributed by atoms with Crippen LogP contribution in [0.1, 0.15) is 64.2 Å². The lowest BCUT2D eigenvalue weighted by molar-refractivity contribution is -0.108. The molecule has 0 aromatic heterocycles. The predicted octanol–water partition coefficient (Wildman–Crippen LogP) is 3.72. The Bertz CT molecular complexity index is 121. The van der Waals surface area contributed by atoms with Gasteiger partial charge in [0.2, 0.25) is 0 Å². The third-order valence-corrected chi connectivity index (χ3v) is 3.15. The van der Waals surface area contributed by atoms with E-state index in [1.807, 2.05) is 0 Å². The molecule has 1 aliphatic carbocycles. The Labute approximate surface area is 81.9 Å².